The Morgan fingerprint density at radius 2 is 1.92 bits per heavy atom. The number of amides is 1. The predicted molar refractivity (Wildman–Crippen MR) is 136 cm³/mol. The molecule has 3 N–H and O–H groups in total. The van der Waals surface area contributed by atoms with Crippen LogP contribution in [0.4, 0.5) is 5.69 Å². The van der Waals surface area contributed by atoms with Crippen LogP contribution in [0.2, 0.25) is 0 Å². The van der Waals surface area contributed by atoms with Crippen LogP contribution < -0.4 is 9.46 Å². The molecule has 36 heavy (non-hydrogen) atoms. The number of likely N-dealkylation sites (N-methyl/N-ethyl adjacent to an activating group) is 1. The van der Waals surface area contributed by atoms with Gasteiger partial charge in [-0.05, 0) is 43.8 Å². The van der Waals surface area contributed by atoms with Crippen LogP contribution in [0.5, 0.6) is 5.75 Å². The monoisotopic (exact) mass is 519 g/mol. The molecule has 10 nitrogen and oxygen atoms in total. The average Bonchev–Trinajstić information content (AvgIpc) is 2.80. The maximum Gasteiger partial charge on any atom is 0.335 e. The third kappa shape index (κ3) is 6.74. The Labute approximate surface area is 211 Å². The molecule has 0 unspecified atom stereocenters. The fourth-order valence-electron chi connectivity index (χ4n) is 4.18. The third-order valence-corrected chi connectivity index (χ3v) is 6.72. The van der Waals surface area contributed by atoms with E-state index in [1.807, 2.05) is 18.9 Å². The summed E-state index contributed by atoms with van der Waals surface area (Å²) in [6, 6.07) is 10.9. The average molecular weight is 520 g/mol. The molecule has 3 atom stereocenters. The molecule has 0 saturated carbocycles. The molecule has 0 radical (unpaired) electrons. The van der Waals surface area contributed by atoms with Crippen LogP contribution in [0.15, 0.2) is 42.5 Å². The molecule has 0 aromatic heterocycles. The summed E-state index contributed by atoms with van der Waals surface area (Å²) in [7, 11) is -1.73. The lowest BCUT2D eigenvalue weighted by atomic mass is 9.99. The van der Waals surface area contributed by atoms with E-state index in [4.69, 9.17) is 9.84 Å². The minimum atomic E-state index is -3.64. The Kier molecular flexibility index (Phi) is 8.59. The van der Waals surface area contributed by atoms with Gasteiger partial charge in [-0.2, -0.15) is 0 Å². The molecule has 1 aliphatic heterocycles. The summed E-state index contributed by atoms with van der Waals surface area (Å²) in [6.07, 6.45) is 0.608. The van der Waals surface area contributed by atoms with Gasteiger partial charge in [0.15, 0.2) is 5.75 Å². The van der Waals surface area contributed by atoms with Crippen molar-refractivity contribution in [1.29, 1.82) is 0 Å². The van der Waals surface area contributed by atoms with Gasteiger partial charge in [0.05, 0.1) is 35.7 Å². The number of rotatable bonds is 9. The number of carbonyl (C=O) groups is 2. The Balaban J connectivity index is 1.93. The van der Waals surface area contributed by atoms with Crippen LogP contribution in [0.1, 0.15) is 40.1 Å². The molecule has 0 spiro atoms. The van der Waals surface area contributed by atoms with Crippen LogP contribution >= 0.6 is 0 Å². The van der Waals surface area contributed by atoms with Crippen LogP contribution in [-0.2, 0) is 16.6 Å². The first kappa shape index (κ1) is 27.4. The first-order valence-corrected chi connectivity index (χ1v) is 13.5. The van der Waals surface area contributed by atoms with E-state index in [1.54, 1.807) is 54.3 Å². The molecule has 0 bridgehead atoms. The van der Waals surface area contributed by atoms with Crippen molar-refractivity contribution in [2.45, 2.75) is 32.5 Å². The summed E-state index contributed by atoms with van der Waals surface area (Å²) < 4.78 is 32.8. The van der Waals surface area contributed by atoms with Gasteiger partial charge < -0.3 is 19.8 Å². The fourth-order valence-corrected chi connectivity index (χ4v) is 4.74. The summed E-state index contributed by atoms with van der Waals surface area (Å²) >= 11 is 0. The lowest BCUT2D eigenvalue weighted by Gasteiger charge is -2.38. The summed E-state index contributed by atoms with van der Waals surface area (Å²) in [5.74, 6) is -1.33. The normalized spacial score (nSPS) is 19.2. The van der Waals surface area contributed by atoms with Crippen molar-refractivity contribution in [3.63, 3.8) is 0 Å². The molecule has 0 fully saturated rings. The molecule has 0 saturated heterocycles. The van der Waals surface area contributed by atoms with Gasteiger partial charge in [-0.1, -0.05) is 25.1 Å². The van der Waals surface area contributed by atoms with Gasteiger partial charge in [-0.25, -0.2) is 13.2 Å². The first-order chi connectivity index (χ1) is 16.9. The van der Waals surface area contributed by atoms with Crippen LogP contribution in [0.3, 0.4) is 0 Å². The molecule has 2 aromatic carbocycles. The summed E-state index contributed by atoms with van der Waals surface area (Å²) in [6.45, 7) is 4.81. The number of carboxylic acid groups (broad SMARTS) is 1. The molecule has 0 aliphatic carbocycles. The number of aliphatic hydroxyl groups is 1. The lowest BCUT2D eigenvalue weighted by molar-refractivity contribution is 0.0344. The lowest BCUT2D eigenvalue weighted by Crippen LogP contribution is -2.49. The quantitative estimate of drug-likeness (QED) is 0.458. The highest BCUT2D eigenvalue weighted by Crippen LogP contribution is 2.35. The Morgan fingerprint density at radius 3 is 2.50 bits per heavy atom. The second kappa shape index (κ2) is 11.3. The standard InChI is InChI=1S/C25H33N3O7S/c1-16-12-28(17(2)15-29)24(30)20-6-5-7-21(26-36(4,33)34)23(20)35-22(16)14-27(3)13-18-8-10-19(11-9-18)25(31)32/h5-11,16-17,22,26,29H,12-15H2,1-4H3,(H,31,32)/t16-,17+,22-/m1/s1. The number of nitrogens with zero attached hydrogens (tertiary/aromatic N) is 2. The van der Waals surface area contributed by atoms with Gasteiger partial charge >= 0.3 is 5.97 Å². The van der Waals surface area contributed by atoms with Crippen LogP contribution in [0.25, 0.3) is 0 Å². The van der Waals surface area contributed by atoms with Crippen LogP contribution in [-0.4, -0.2) is 85.5 Å². The first-order valence-electron chi connectivity index (χ1n) is 11.6. The second-order valence-corrected chi connectivity index (χ2v) is 11.1. The second-order valence-electron chi connectivity index (χ2n) is 9.38. The molecule has 1 heterocycles. The predicted octanol–water partition coefficient (Wildman–Crippen LogP) is 2.11. The molecule has 1 amide bonds. The number of fused-ring (bicyclic) bond motifs is 1. The highest BCUT2D eigenvalue weighted by molar-refractivity contribution is 7.92. The van der Waals surface area contributed by atoms with Gasteiger partial charge in [-0.15, -0.1) is 0 Å². The van der Waals surface area contributed by atoms with Crippen LogP contribution in [0, 0.1) is 5.92 Å². The number of sulfonamides is 1. The Morgan fingerprint density at radius 1 is 1.25 bits per heavy atom. The van der Waals surface area contributed by atoms with Crippen molar-refractivity contribution in [2.75, 3.05) is 37.7 Å². The molecule has 3 rings (SSSR count). The maximum absolute atomic E-state index is 13.4. The fraction of sp³-hybridized carbons (Fsp3) is 0.440. The minimum absolute atomic E-state index is 0.152. The maximum atomic E-state index is 13.4. The number of nitrogens with one attached hydrogen (secondary N) is 1. The minimum Gasteiger partial charge on any atom is -0.486 e. The van der Waals surface area contributed by atoms with E-state index in [0.29, 0.717) is 19.6 Å². The molecular formula is C25H33N3O7S. The number of benzene rings is 2. The number of anilines is 1. The number of hydrogen-bond acceptors (Lipinski definition) is 7. The molecule has 11 heteroatoms. The smallest absolute Gasteiger partial charge is 0.335 e. The van der Waals surface area contributed by atoms with Gasteiger partial charge in [0, 0.05) is 25.6 Å². The van der Waals surface area contributed by atoms with E-state index in [2.05, 4.69) is 4.72 Å². The largest absolute Gasteiger partial charge is 0.486 e. The van der Waals surface area contributed by atoms with Gasteiger partial charge in [0.25, 0.3) is 5.91 Å². The van der Waals surface area contributed by atoms with E-state index in [0.717, 1.165) is 11.8 Å². The summed E-state index contributed by atoms with van der Waals surface area (Å²) in [4.78, 5) is 28.1. The SMILES string of the molecule is C[C@@H]1CN([C@@H](C)CO)C(=O)c2cccc(NS(C)(=O)=O)c2O[C@@H]1CN(C)Cc1ccc(C(=O)O)cc1. The van der Waals surface area contributed by atoms with Crippen molar-refractivity contribution in [3.05, 3.63) is 59.2 Å². The number of aliphatic hydroxyl groups excluding tert-OH is 1. The zero-order valence-corrected chi connectivity index (χ0v) is 21.7. The highest BCUT2D eigenvalue weighted by Gasteiger charge is 2.34. The number of ether oxygens (including phenoxy) is 1. The zero-order chi connectivity index (χ0) is 26.6. The van der Waals surface area contributed by atoms with Crippen molar-refractivity contribution in [2.24, 2.45) is 5.92 Å². The molecule has 2 aromatic rings. The number of carbonyl (C=O) groups excluding carboxylic acids is 1. The van der Waals surface area contributed by atoms with Crippen molar-refractivity contribution in [3.8, 4) is 5.75 Å². The van der Waals surface area contributed by atoms with E-state index in [1.165, 1.54) is 0 Å². The van der Waals surface area contributed by atoms with Crippen molar-refractivity contribution in [1.82, 2.24) is 9.80 Å². The third-order valence-electron chi connectivity index (χ3n) is 6.13. The Bertz CT molecular complexity index is 1200. The number of para-hydroxylation sites is 1. The van der Waals surface area contributed by atoms with Crippen molar-refractivity contribution < 1.29 is 33.0 Å². The molecular weight excluding hydrogens is 486 g/mol. The number of hydrogen-bond donors (Lipinski definition) is 3. The van der Waals surface area contributed by atoms with Gasteiger partial charge in [0.1, 0.15) is 6.10 Å². The van der Waals surface area contributed by atoms with Gasteiger partial charge in [-0.3, -0.25) is 14.4 Å². The molecule has 1 aliphatic rings. The van der Waals surface area contributed by atoms with E-state index in [9.17, 15) is 23.1 Å². The van der Waals surface area contributed by atoms with E-state index in [-0.39, 0.29) is 41.0 Å². The Hall–Kier alpha value is -3.15. The topological polar surface area (TPSA) is 136 Å². The number of carboxylic acids is 1. The zero-order valence-electron chi connectivity index (χ0n) is 20.8. The molecule has 196 valence electrons. The highest BCUT2D eigenvalue weighted by atomic mass is 32.2. The van der Waals surface area contributed by atoms with E-state index >= 15 is 0 Å². The van der Waals surface area contributed by atoms with E-state index < -0.39 is 28.1 Å². The van der Waals surface area contributed by atoms with Crippen molar-refractivity contribution >= 4 is 27.6 Å². The summed E-state index contributed by atoms with van der Waals surface area (Å²) in [5.41, 5.74) is 1.52. The number of aromatic carboxylic acids is 1. The van der Waals surface area contributed by atoms with Gasteiger partial charge in [0.2, 0.25) is 10.0 Å². The summed E-state index contributed by atoms with van der Waals surface area (Å²) in [5, 5.41) is 18.9.